The molecule has 2 aromatic heterocycles. The molecule has 0 saturated heterocycles. The van der Waals surface area contributed by atoms with Crippen molar-refractivity contribution in [3.63, 3.8) is 0 Å². The normalized spacial score (nSPS) is 11.8. The monoisotopic (exact) mass is 556 g/mol. The molecular formula is C36H26F2N2O2. The van der Waals surface area contributed by atoms with Crippen LogP contribution < -0.4 is 10.9 Å². The molecule has 2 heterocycles. The van der Waals surface area contributed by atoms with E-state index >= 15 is 0 Å². The Labute approximate surface area is 239 Å². The highest BCUT2D eigenvalue weighted by atomic mass is 19.1. The van der Waals surface area contributed by atoms with Gasteiger partial charge in [-0.2, -0.15) is 0 Å². The minimum absolute atomic E-state index is 0.156. The quantitative estimate of drug-likeness (QED) is 0.202. The lowest BCUT2D eigenvalue weighted by molar-refractivity contribution is 0.627. The van der Waals surface area contributed by atoms with Gasteiger partial charge in [-0.3, -0.25) is 9.59 Å². The topological polar surface area (TPSA) is 44.0 Å². The summed E-state index contributed by atoms with van der Waals surface area (Å²) >= 11 is 0. The maximum Gasteiger partial charge on any atom is 0.197 e. The number of aryl methyl sites for hydroxylation is 4. The third-order valence-electron chi connectivity index (χ3n) is 8.11. The van der Waals surface area contributed by atoms with Crippen LogP contribution in [0.25, 0.3) is 55.0 Å². The Kier molecular flexibility index (Phi) is 5.67. The van der Waals surface area contributed by atoms with Crippen molar-refractivity contribution >= 4 is 43.6 Å². The van der Waals surface area contributed by atoms with Crippen LogP contribution in [0.1, 0.15) is 22.3 Å². The first-order chi connectivity index (χ1) is 20.1. The molecule has 206 valence electrons. The first-order valence-electron chi connectivity index (χ1n) is 13.7. The summed E-state index contributed by atoms with van der Waals surface area (Å²) in [4.78, 5) is 28.5. The predicted octanol–water partition coefficient (Wildman–Crippen LogP) is 8.11. The summed E-state index contributed by atoms with van der Waals surface area (Å²) in [6, 6.07) is 23.6. The van der Waals surface area contributed by atoms with Gasteiger partial charge >= 0.3 is 0 Å². The van der Waals surface area contributed by atoms with Gasteiger partial charge < -0.3 is 9.13 Å². The largest absolute Gasteiger partial charge is 0.309 e. The fourth-order valence-corrected chi connectivity index (χ4v) is 6.41. The summed E-state index contributed by atoms with van der Waals surface area (Å²) in [5, 5.41) is 1.95. The van der Waals surface area contributed by atoms with Crippen molar-refractivity contribution < 1.29 is 8.78 Å². The van der Waals surface area contributed by atoms with Gasteiger partial charge in [0.1, 0.15) is 11.6 Å². The molecule has 0 unspecified atom stereocenters. The fourth-order valence-electron chi connectivity index (χ4n) is 6.41. The summed E-state index contributed by atoms with van der Waals surface area (Å²) in [7, 11) is 0. The molecule has 0 fully saturated rings. The molecule has 42 heavy (non-hydrogen) atoms. The van der Waals surface area contributed by atoms with E-state index in [2.05, 4.69) is 0 Å². The zero-order chi connectivity index (χ0) is 29.4. The molecule has 0 atom stereocenters. The maximum atomic E-state index is 14.2. The highest BCUT2D eigenvalue weighted by Gasteiger charge is 2.20. The van der Waals surface area contributed by atoms with Gasteiger partial charge in [0, 0.05) is 32.9 Å². The Morgan fingerprint density at radius 1 is 0.476 bits per heavy atom. The fraction of sp³-hybridized carbons (Fsp3) is 0.111. The number of fused-ring (bicyclic) bond motifs is 4. The van der Waals surface area contributed by atoms with E-state index in [0.717, 1.165) is 22.3 Å². The summed E-state index contributed by atoms with van der Waals surface area (Å²) in [6.45, 7) is 7.75. The SMILES string of the molecule is Cc1cc(C)c2c(=O)c3cc4c(cc3n(-c3ccc(F)cc3)c2c1)c(=O)c1c(C)cc(C)cc1n4-c1ccc(F)cc1. The second kappa shape index (κ2) is 9.21. The van der Waals surface area contributed by atoms with Crippen molar-refractivity contribution in [2.75, 3.05) is 0 Å². The van der Waals surface area contributed by atoms with E-state index in [1.54, 1.807) is 36.4 Å². The smallest absolute Gasteiger partial charge is 0.197 e. The van der Waals surface area contributed by atoms with E-state index in [9.17, 15) is 18.4 Å². The summed E-state index contributed by atoms with van der Waals surface area (Å²) < 4.78 is 31.9. The molecule has 0 aliphatic heterocycles. The minimum Gasteiger partial charge on any atom is -0.309 e. The molecule has 5 aromatic carbocycles. The van der Waals surface area contributed by atoms with Crippen LogP contribution in [0, 0.1) is 39.3 Å². The van der Waals surface area contributed by atoms with E-state index in [-0.39, 0.29) is 22.5 Å². The molecule has 7 aromatic rings. The van der Waals surface area contributed by atoms with Crippen molar-refractivity contribution in [3.05, 3.63) is 139 Å². The zero-order valence-corrected chi connectivity index (χ0v) is 23.5. The average molecular weight is 557 g/mol. The summed E-state index contributed by atoms with van der Waals surface area (Å²) in [5.74, 6) is -0.740. The molecule has 0 aliphatic rings. The third kappa shape index (κ3) is 3.79. The number of pyridine rings is 2. The average Bonchev–Trinajstić information content (AvgIpc) is 2.94. The molecule has 4 nitrogen and oxygen atoms in total. The second-order valence-corrected chi connectivity index (χ2v) is 11.1. The number of hydrogen-bond acceptors (Lipinski definition) is 2. The summed E-state index contributed by atoms with van der Waals surface area (Å²) in [5.41, 5.74) is 7.09. The van der Waals surface area contributed by atoms with Crippen LogP contribution in [-0.4, -0.2) is 9.13 Å². The third-order valence-corrected chi connectivity index (χ3v) is 8.11. The van der Waals surface area contributed by atoms with E-state index < -0.39 is 0 Å². The van der Waals surface area contributed by atoms with Gasteiger partial charge in [-0.15, -0.1) is 0 Å². The first-order valence-corrected chi connectivity index (χ1v) is 13.7. The molecule has 0 saturated carbocycles. The molecule has 6 heteroatoms. The summed E-state index contributed by atoms with van der Waals surface area (Å²) in [6.07, 6.45) is 0. The van der Waals surface area contributed by atoms with Crippen LogP contribution in [0.3, 0.4) is 0 Å². The van der Waals surface area contributed by atoms with E-state index in [0.29, 0.717) is 55.0 Å². The Hall–Kier alpha value is -5.10. The molecule has 0 aliphatic carbocycles. The van der Waals surface area contributed by atoms with Gasteiger partial charge in [-0.1, -0.05) is 12.1 Å². The zero-order valence-electron chi connectivity index (χ0n) is 23.5. The number of nitrogens with zero attached hydrogens (tertiary/aromatic N) is 2. The van der Waals surface area contributed by atoms with Crippen molar-refractivity contribution in [3.8, 4) is 11.4 Å². The number of hydrogen-bond donors (Lipinski definition) is 0. The molecule has 0 spiro atoms. The Bertz CT molecular complexity index is 2210. The number of benzene rings is 5. The highest BCUT2D eigenvalue weighted by molar-refractivity contribution is 6.06. The van der Waals surface area contributed by atoms with Crippen LogP contribution in [0.4, 0.5) is 8.78 Å². The van der Waals surface area contributed by atoms with Gasteiger partial charge in [0.2, 0.25) is 0 Å². The standard InChI is InChI=1S/C36H26F2N2O2/c1-19-13-21(3)33-31(15-19)39(25-9-5-23(37)6-10-25)29-17-28-30(18-27(29)35(33)41)40(26-11-7-24(38)8-12-26)32-16-20(2)14-22(4)34(32)36(28)42/h5-18H,1-4H3. The minimum atomic E-state index is -0.370. The van der Waals surface area contributed by atoms with E-state index in [4.69, 9.17) is 0 Å². The Morgan fingerprint density at radius 2 is 0.833 bits per heavy atom. The molecular weight excluding hydrogens is 530 g/mol. The van der Waals surface area contributed by atoms with E-state index in [1.807, 2.05) is 61.1 Å². The van der Waals surface area contributed by atoms with Crippen LogP contribution in [0.2, 0.25) is 0 Å². The van der Waals surface area contributed by atoms with Crippen LogP contribution >= 0.6 is 0 Å². The van der Waals surface area contributed by atoms with Crippen LogP contribution in [0.15, 0.2) is 94.5 Å². The van der Waals surface area contributed by atoms with Crippen molar-refractivity contribution in [1.82, 2.24) is 9.13 Å². The number of rotatable bonds is 2. The number of aromatic nitrogens is 2. The van der Waals surface area contributed by atoms with Gasteiger partial charge in [-0.05, 0) is 123 Å². The van der Waals surface area contributed by atoms with Gasteiger partial charge in [0.25, 0.3) is 0 Å². The highest BCUT2D eigenvalue weighted by Crippen LogP contribution is 2.32. The molecule has 0 radical (unpaired) electrons. The number of halogens is 2. The van der Waals surface area contributed by atoms with Crippen molar-refractivity contribution in [1.29, 1.82) is 0 Å². The maximum absolute atomic E-state index is 14.2. The van der Waals surface area contributed by atoms with Gasteiger partial charge in [-0.25, -0.2) is 8.78 Å². The van der Waals surface area contributed by atoms with Crippen molar-refractivity contribution in [2.24, 2.45) is 0 Å². The Morgan fingerprint density at radius 3 is 1.19 bits per heavy atom. The lowest BCUT2D eigenvalue weighted by Crippen LogP contribution is -2.16. The van der Waals surface area contributed by atoms with E-state index in [1.165, 1.54) is 24.3 Å². The molecule has 7 rings (SSSR count). The molecule has 0 bridgehead atoms. The molecule has 0 N–H and O–H groups in total. The lowest BCUT2D eigenvalue weighted by atomic mass is 9.98. The molecule has 0 amide bonds. The predicted molar refractivity (Wildman–Crippen MR) is 167 cm³/mol. The Balaban J connectivity index is 1.78. The van der Waals surface area contributed by atoms with Crippen molar-refractivity contribution in [2.45, 2.75) is 27.7 Å². The lowest BCUT2D eigenvalue weighted by Gasteiger charge is -2.20. The second-order valence-electron chi connectivity index (χ2n) is 11.1. The van der Waals surface area contributed by atoms with Crippen LogP contribution in [-0.2, 0) is 0 Å². The first kappa shape index (κ1) is 25.8. The van der Waals surface area contributed by atoms with Gasteiger partial charge in [0.15, 0.2) is 10.9 Å². The van der Waals surface area contributed by atoms with Gasteiger partial charge in [0.05, 0.1) is 22.1 Å². The van der Waals surface area contributed by atoms with Crippen LogP contribution in [0.5, 0.6) is 0 Å².